The molecule has 1 unspecified atom stereocenters. The highest BCUT2D eigenvalue weighted by Crippen LogP contribution is 2.28. The van der Waals surface area contributed by atoms with Gasteiger partial charge in [-0.2, -0.15) is 0 Å². The van der Waals surface area contributed by atoms with Gasteiger partial charge in [-0.3, -0.25) is 13.9 Å². The molecule has 4 aromatic carbocycles. The van der Waals surface area contributed by atoms with Crippen LogP contribution in [0.5, 0.6) is 0 Å². The van der Waals surface area contributed by atoms with Crippen molar-refractivity contribution in [2.45, 2.75) is 64.6 Å². The van der Waals surface area contributed by atoms with Gasteiger partial charge in [0.15, 0.2) is 0 Å². The van der Waals surface area contributed by atoms with Gasteiger partial charge in [0.05, 0.1) is 10.6 Å². The molecule has 242 valence electrons. The number of hydrogen-bond acceptors (Lipinski definition) is 4. The van der Waals surface area contributed by atoms with Crippen molar-refractivity contribution in [3.8, 4) is 0 Å². The smallest absolute Gasteiger partial charge is 0.264 e. The highest BCUT2D eigenvalue weighted by molar-refractivity contribution is 7.92. The molecule has 0 aliphatic heterocycles. The largest absolute Gasteiger partial charge is 0.352 e. The van der Waals surface area contributed by atoms with Crippen LogP contribution in [0.15, 0.2) is 95.9 Å². The molecule has 4 rings (SSSR count). The van der Waals surface area contributed by atoms with E-state index in [1.807, 2.05) is 71.0 Å². The van der Waals surface area contributed by atoms with Gasteiger partial charge in [0, 0.05) is 29.1 Å². The number of halogens is 2. The van der Waals surface area contributed by atoms with Crippen molar-refractivity contribution < 1.29 is 18.0 Å². The maximum atomic E-state index is 14.6. The van der Waals surface area contributed by atoms with Gasteiger partial charge in [-0.05, 0) is 93.3 Å². The molecule has 4 aromatic rings. The lowest BCUT2D eigenvalue weighted by molar-refractivity contribution is -0.140. The van der Waals surface area contributed by atoms with Gasteiger partial charge in [0.2, 0.25) is 11.8 Å². The molecule has 0 radical (unpaired) electrons. The number of carbonyl (C=O) groups is 2. The first kappa shape index (κ1) is 35.0. The number of aryl methyl sites for hydroxylation is 3. The van der Waals surface area contributed by atoms with Gasteiger partial charge >= 0.3 is 0 Å². The summed E-state index contributed by atoms with van der Waals surface area (Å²) in [6.45, 7) is 8.70. The van der Waals surface area contributed by atoms with Crippen LogP contribution in [0.25, 0.3) is 0 Å². The number of carbonyl (C=O) groups excluding carboxylic acids is 2. The number of nitrogens with one attached hydrogen (secondary N) is 1. The zero-order valence-electron chi connectivity index (χ0n) is 26.6. The van der Waals surface area contributed by atoms with Crippen molar-refractivity contribution in [1.29, 1.82) is 0 Å². The Morgan fingerprint density at radius 2 is 1.43 bits per heavy atom. The molecule has 0 aliphatic rings. The zero-order valence-corrected chi connectivity index (χ0v) is 29.0. The number of hydrogen-bond donors (Lipinski definition) is 1. The first-order valence-corrected chi connectivity index (χ1v) is 17.2. The third kappa shape index (κ3) is 8.90. The Labute approximate surface area is 282 Å². The minimum Gasteiger partial charge on any atom is -0.352 e. The van der Waals surface area contributed by atoms with E-state index in [4.69, 9.17) is 23.2 Å². The fourth-order valence-corrected chi connectivity index (χ4v) is 7.10. The maximum Gasteiger partial charge on any atom is 0.264 e. The summed E-state index contributed by atoms with van der Waals surface area (Å²) in [4.78, 5) is 29.9. The predicted molar refractivity (Wildman–Crippen MR) is 186 cm³/mol. The number of amides is 2. The van der Waals surface area contributed by atoms with Crippen LogP contribution in [0.2, 0.25) is 10.0 Å². The normalized spacial score (nSPS) is 12.1. The summed E-state index contributed by atoms with van der Waals surface area (Å²) in [5.74, 6) is -0.933. The Morgan fingerprint density at radius 3 is 2.02 bits per heavy atom. The molecular formula is C36H39Cl2N3O4S. The lowest BCUT2D eigenvalue weighted by Gasteiger charge is -2.34. The second-order valence-electron chi connectivity index (χ2n) is 11.8. The molecule has 0 bridgehead atoms. The Hall–Kier alpha value is -3.85. The van der Waals surface area contributed by atoms with Gasteiger partial charge in [0.25, 0.3) is 10.0 Å². The van der Waals surface area contributed by atoms with Crippen LogP contribution in [0.3, 0.4) is 0 Å². The van der Waals surface area contributed by atoms with E-state index in [1.165, 1.54) is 17.0 Å². The van der Waals surface area contributed by atoms with Crippen molar-refractivity contribution in [3.63, 3.8) is 0 Å². The second-order valence-corrected chi connectivity index (χ2v) is 14.5. The molecule has 0 saturated heterocycles. The topological polar surface area (TPSA) is 86.8 Å². The summed E-state index contributed by atoms with van der Waals surface area (Å²) in [5.41, 5.74) is 4.34. The van der Waals surface area contributed by atoms with Crippen molar-refractivity contribution in [2.24, 2.45) is 0 Å². The maximum absolute atomic E-state index is 14.6. The van der Waals surface area contributed by atoms with Crippen LogP contribution in [-0.2, 0) is 32.6 Å². The van der Waals surface area contributed by atoms with E-state index in [-0.39, 0.29) is 29.8 Å². The van der Waals surface area contributed by atoms with Crippen molar-refractivity contribution in [1.82, 2.24) is 10.2 Å². The van der Waals surface area contributed by atoms with E-state index in [1.54, 1.807) is 42.5 Å². The number of nitrogens with zero attached hydrogens (tertiary/aromatic N) is 2. The molecule has 10 heteroatoms. The third-order valence-corrected chi connectivity index (χ3v) is 9.82. The van der Waals surface area contributed by atoms with Crippen LogP contribution in [0.4, 0.5) is 5.69 Å². The summed E-state index contributed by atoms with van der Waals surface area (Å²) in [6.07, 6.45) is 0.199. The minimum atomic E-state index is -4.20. The zero-order chi connectivity index (χ0) is 33.6. The summed E-state index contributed by atoms with van der Waals surface area (Å²) >= 11 is 12.8. The summed E-state index contributed by atoms with van der Waals surface area (Å²) in [7, 11) is -4.20. The van der Waals surface area contributed by atoms with Crippen molar-refractivity contribution in [2.75, 3.05) is 10.8 Å². The average molecular weight is 681 g/mol. The van der Waals surface area contributed by atoms with E-state index >= 15 is 0 Å². The Bertz CT molecular complexity index is 1780. The van der Waals surface area contributed by atoms with E-state index < -0.39 is 28.5 Å². The van der Waals surface area contributed by atoms with Gasteiger partial charge in [-0.15, -0.1) is 0 Å². The fourth-order valence-electron chi connectivity index (χ4n) is 5.23. The van der Waals surface area contributed by atoms with Crippen LogP contribution >= 0.6 is 23.2 Å². The molecule has 0 fully saturated rings. The molecule has 0 aliphatic carbocycles. The van der Waals surface area contributed by atoms with E-state index in [0.29, 0.717) is 21.3 Å². The van der Waals surface area contributed by atoms with E-state index in [9.17, 15) is 18.0 Å². The highest BCUT2D eigenvalue weighted by atomic mass is 35.5. The molecule has 1 N–H and O–H groups in total. The molecule has 0 spiro atoms. The lowest BCUT2D eigenvalue weighted by Crippen LogP contribution is -2.54. The van der Waals surface area contributed by atoms with E-state index in [2.05, 4.69) is 5.32 Å². The summed E-state index contributed by atoms with van der Waals surface area (Å²) in [5, 5.41) is 3.70. The first-order chi connectivity index (χ1) is 21.7. The molecular weight excluding hydrogens is 641 g/mol. The first-order valence-electron chi connectivity index (χ1n) is 15.0. The monoisotopic (exact) mass is 679 g/mol. The second kappa shape index (κ2) is 15.2. The Balaban J connectivity index is 1.85. The Kier molecular flexibility index (Phi) is 11.5. The molecule has 0 saturated carbocycles. The molecule has 0 aromatic heterocycles. The van der Waals surface area contributed by atoms with Gasteiger partial charge < -0.3 is 10.2 Å². The molecule has 0 heterocycles. The number of anilines is 1. The van der Waals surface area contributed by atoms with Crippen LogP contribution in [0, 0.1) is 20.8 Å². The predicted octanol–water partition coefficient (Wildman–Crippen LogP) is 7.28. The van der Waals surface area contributed by atoms with Crippen LogP contribution in [0.1, 0.15) is 41.7 Å². The van der Waals surface area contributed by atoms with Crippen LogP contribution < -0.4 is 9.62 Å². The van der Waals surface area contributed by atoms with E-state index in [0.717, 1.165) is 26.6 Å². The van der Waals surface area contributed by atoms with Gasteiger partial charge in [-0.25, -0.2) is 8.42 Å². The molecule has 7 nitrogen and oxygen atoms in total. The summed E-state index contributed by atoms with van der Waals surface area (Å²) < 4.78 is 29.6. The number of sulfonamides is 1. The fraction of sp³-hybridized carbons (Fsp3) is 0.278. The average Bonchev–Trinajstić information content (AvgIpc) is 2.98. The van der Waals surface area contributed by atoms with Gasteiger partial charge in [0.1, 0.15) is 12.6 Å². The molecule has 46 heavy (non-hydrogen) atoms. The third-order valence-electron chi connectivity index (χ3n) is 7.44. The standard InChI is InChI=1S/C36H39Cl2N3O4S/c1-24(2)39-36(43)34(20-28-9-7-6-8-10-28)40(22-29-13-14-30(37)21-33(29)38)35(42)23-41(31-18-26(4)17-27(5)19-31)46(44,45)32-15-11-25(3)12-16-32/h6-19,21,24,34H,20,22-23H2,1-5H3,(H,39,43). The molecule has 1 atom stereocenters. The summed E-state index contributed by atoms with van der Waals surface area (Å²) in [6, 6.07) is 25.0. The number of rotatable bonds is 12. The SMILES string of the molecule is Cc1ccc(S(=O)(=O)N(CC(=O)N(Cc2ccc(Cl)cc2Cl)C(Cc2ccccc2)C(=O)NC(C)C)c2cc(C)cc(C)c2)cc1. The van der Waals surface area contributed by atoms with Crippen molar-refractivity contribution in [3.05, 3.63) is 129 Å². The van der Waals surface area contributed by atoms with Crippen LogP contribution in [-0.4, -0.2) is 43.8 Å². The lowest BCUT2D eigenvalue weighted by atomic mass is 10.0. The molecule has 2 amide bonds. The quantitative estimate of drug-likeness (QED) is 0.171. The highest BCUT2D eigenvalue weighted by Gasteiger charge is 2.35. The minimum absolute atomic E-state index is 0.0516. The Morgan fingerprint density at radius 1 is 0.804 bits per heavy atom. The number of benzene rings is 4. The van der Waals surface area contributed by atoms with Crippen molar-refractivity contribution >= 4 is 50.7 Å². The van der Waals surface area contributed by atoms with Gasteiger partial charge in [-0.1, -0.05) is 83.4 Å².